The quantitative estimate of drug-likeness (QED) is 0.421. The average molecular weight is 486 g/mol. The van der Waals surface area contributed by atoms with E-state index in [0.717, 1.165) is 11.1 Å². The predicted octanol–water partition coefficient (Wildman–Crippen LogP) is 5.55. The lowest BCUT2D eigenvalue weighted by molar-refractivity contribution is -0.143. The summed E-state index contributed by atoms with van der Waals surface area (Å²) in [6.07, 6.45) is 0.458. The SMILES string of the molecule is COC(=O)[C@H](C[C@H](Cc1ccc(OC)c(OCc2ccccc2)c1)C(C)C)NC(=O)OC(C)(C)C. The van der Waals surface area contributed by atoms with Crippen molar-refractivity contribution in [1.82, 2.24) is 5.32 Å². The van der Waals surface area contributed by atoms with Gasteiger partial charge in [-0.15, -0.1) is 0 Å². The molecule has 2 rings (SSSR count). The Balaban J connectivity index is 2.16. The van der Waals surface area contributed by atoms with E-state index in [1.165, 1.54) is 7.11 Å². The van der Waals surface area contributed by atoms with E-state index >= 15 is 0 Å². The molecule has 0 bridgehead atoms. The molecule has 0 fully saturated rings. The summed E-state index contributed by atoms with van der Waals surface area (Å²) in [7, 11) is 2.93. The van der Waals surface area contributed by atoms with E-state index in [1.807, 2.05) is 48.5 Å². The third-order valence-electron chi connectivity index (χ3n) is 5.62. The normalized spacial score (nSPS) is 13.0. The second kappa shape index (κ2) is 13.0. The van der Waals surface area contributed by atoms with Crippen LogP contribution in [0.2, 0.25) is 0 Å². The number of benzene rings is 2. The van der Waals surface area contributed by atoms with Gasteiger partial charge in [-0.05, 0) is 68.7 Å². The first-order chi connectivity index (χ1) is 16.5. The fourth-order valence-electron chi connectivity index (χ4n) is 3.70. The molecule has 0 unspecified atom stereocenters. The maximum Gasteiger partial charge on any atom is 0.408 e. The fourth-order valence-corrected chi connectivity index (χ4v) is 3.70. The molecule has 2 aromatic rings. The highest BCUT2D eigenvalue weighted by atomic mass is 16.6. The molecule has 2 atom stereocenters. The van der Waals surface area contributed by atoms with Crippen LogP contribution in [0, 0.1) is 11.8 Å². The smallest absolute Gasteiger partial charge is 0.408 e. The Labute approximate surface area is 209 Å². The number of carbonyl (C=O) groups excluding carboxylic acids is 2. The van der Waals surface area contributed by atoms with Gasteiger partial charge in [-0.2, -0.15) is 0 Å². The summed E-state index contributed by atoms with van der Waals surface area (Å²) >= 11 is 0. The van der Waals surface area contributed by atoms with Crippen LogP contribution in [0.5, 0.6) is 11.5 Å². The van der Waals surface area contributed by atoms with Crippen molar-refractivity contribution in [3.8, 4) is 11.5 Å². The van der Waals surface area contributed by atoms with Crippen LogP contribution < -0.4 is 14.8 Å². The van der Waals surface area contributed by atoms with Crippen LogP contribution in [0.25, 0.3) is 0 Å². The minimum Gasteiger partial charge on any atom is -0.493 e. The summed E-state index contributed by atoms with van der Waals surface area (Å²) in [6, 6.07) is 15.0. The molecule has 0 saturated heterocycles. The average Bonchev–Trinajstić information content (AvgIpc) is 2.80. The minimum atomic E-state index is -0.811. The van der Waals surface area contributed by atoms with Crippen LogP contribution in [0.15, 0.2) is 48.5 Å². The largest absolute Gasteiger partial charge is 0.493 e. The van der Waals surface area contributed by atoms with Crippen LogP contribution in [0.4, 0.5) is 4.79 Å². The van der Waals surface area contributed by atoms with Gasteiger partial charge in [-0.1, -0.05) is 50.2 Å². The van der Waals surface area contributed by atoms with Gasteiger partial charge in [0.15, 0.2) is 11.5 Å². The molecule has 0 aliphatic rings. The van der Waals surface area contributed by atoms with Gasteiger partial charge >= 0.3 is 12.1 Å². The first kappa shape index (κ1) is 28.0. The van der Waals surface area contributed by atoms with Gasteiger partial charge in [-0.25, -0.2) is 9.59 Å². The number of carbonyl (C=O) groups is 2. The molecule has 7 nitrogen and oxygen atoms in total. The Morgan fingerprint density at radius 3 is 2.20 bits per heavy atom. The van der Waals surface area contributed by atoms with E-state index in [4.69, 9.17) is 18.9 Å². The summed E-state index contributed by atoms with van der Waals surface area (Å²) in [5, 5.41) is 2.68. The molecule has 1 N–H and O–H groups in total. The second-order valence-corrected chi connectivity index (χ2v) is 9.93. The van der Waals surface area contributed by atoms with E-state index in [0.29, 0.717) is 30.9 Å². The van der Waals surface area contributed by atoms with Crippen molar-refractivity contribution < 1.29 is 28.5 Å². The van der Waals surface area contributed by atoms with Gasteiger partial charge < -0.3 is 24.3 Å². The van der Waals surface area contributed by atoms with E-state index in [2.05, 4.69) is 19.2 Å². The zero-order chi connectivity index (χ0) is 26.0. The fraction of sp³-hybridized carbons (Fsp3) is 0.500. The minimum absolute atomic E-state index is 0.0874. The van der Waals surface area contributed by atoms with Crippen LogP contribution in [0.1, 0.15) is 52.2 Å². The van der Waals surface area contributed by atoms with Gasteiger partial charge in [0, 0.05) is 0 Å². The maximum absolute atomic E-state index is 12.5. The molecule has 192 valence electrons. The summed E-state index contributed by atoms with van der Waals surface area (Å²) in [6.45, 7) is 9.96. The Bertz CT molecular complexity index is 952. The standard InChI is InChI=1S/C28H39NO6/c1-19(2)22(17-23(26(30)33-7)29-27(31)35-28(3,4)5)15-21-13-14-24(32-6)25(16-21)34-18-20-11-9-8-10-12-20/h8-14,16,19,22-23H,15,17-18H2,1-7H3,(H,29,31)/t22-,23-/m0/s1. The summed E-state index contributed by atoms with van der Waals surface area (Å²) < 4.78 is 21.8. The van der Waals surface area contributed by atoms with Crippen molar-refractivity contribution in [2.45, 2.75) is 65.7 Å². The molecular weight excluding hydrogens is 446 g/mol. The maximum atomic E-state index is 12.5. The van der Waals surface area contributed by atoms with E-state index in [1.54, 1.807) is 27.9 Å². The Morgan fingerprint density at radius 2 is 1.63 bits per heavy atom. The van der Waals surface area contributed by atoms with Gasteiger partial charge in [0.1, 0.15) is 18.2 Å². The highest BCUT2D eigenvalue weighted by Gasteiger charge is 2.29. The number of amides is 1. The summed E-state index contributed by atoms with van der Waals surface area (Å²) in [5.74, 6) is 1.16. The van der Waals surface area contributed by atoms with Crippen LogP contribution >= 0.6 is 0 Å². The van der Waals surface area contributed by atoms with Gasteiger partial charge in [0.25, 0.3) is 0 Å². The number of nitrogens with one attached hydrogen (secondary N) is 1. The Morgan fingerprint density at radius 1 is 0.943 bits per heavy atom. The van der Waals surface area contributed by atoms with E-state index in [-0.39, 0.29) is 11.8 Å². The van der Waals surface area contributed by atoms with Crippen molar-refractivity contribution in [2.24, 2.45) is 11.8 Å². The Kier molecular flexibility index (Phi) is 10.4. The number of ether oxygens (including phenoxy) is 4. The molecule has 2 aromatic carbocycles. The number of methoxy groups -OCH3 is 2. The molecule has 1 amide bonds. The highest BCUT2D eigenvalue weighted by molar-refractivity contribution is 5.81. The monoisotopic (exact) mass is 485 g/mol. The third kappa shape index (κ3) is 9.51. The lowest BCUT2D eigenvalue weighted by Crippen LogP contribution is -2.45. The molecule has 0 spiro atoms. The lowest BCUT2D eigenvalue weighted by Gasteiger charge is -2.27. The number of alkyl carbamates (subject to hydrolysis) is 1. The molecule has 0 aliphatic carbocycles. The van der Waals surface area contributed by atoms with Crippen molar-refractivity contribution in [1.29, 1.82) is 0 Å². The molecule has 0 aromatic heterocycles. The molecule has 0 saturated carbocycles. The van der Waals surface area contributed by atoms with Gasteiger partial charge in [0.05, 0.1) is 14.2 Å². The highest BCUT2D eigenvalue weighted by Crippen LogP contribution is 2.31. The van der Waals surface area contributed by atoms with Crippen molar-refractivity contribution in [2.75, 3.05) is 14.2 Å². The molecule has 0 radical (unpaired) electrons. The summed E-state index contributed by atoms with van der Waals surface area (Å²) in [5.41, 5.74) is 1.45. The summed E-state index contributed by atoms with van der Waals surface area (Å²) in [4.78, 5) is 24.8. The second-order valence-electron chi connectivity index (χ2n) is 9.93. The van der Waals surface area contributed by atoms with E-state index in [9.17, 15) is 9.59 Å². The van der Waals surface area contributed by atoms with Crippen LogP contribution in [0.3, 0.4) is 0 Å². The van der Waals surface area contributed by atoms with Crippen LogP contribution in [-0.2, 0) is 27.3 Å². The number of hydrogen-bond donors (Lipinski definition) is 1. The molecule has 0 aliphatic heterocycles. The lowest BCUT2D eigenvalue weighted by atomic mass is 9.84. The number of rotatable bonds is 11. The molecular formula is C28H39NO6. The predicted molar refractivity (Wildman–Crippen MR) is 136 cm³/mol. The van der Waals surface area contributed by atoms with Crippen molar-refractivity contribution in [3.05, 3.63) is 59.7 Å². The third-order valence-corrected chi connectivity index (χ3v) is 5.62. The topological polar surface area (TPSA) is 83.1 Å². The first-order valence-electron chi connectivity index (χ1n) is 11.9. The number of esters is 1. The number of hydrogen-bond acceptors (Lipinski definition) is 6. The van der Waals surface area contributed by atoms with Crippen molar-refractivity contribution >= 4 is 12.1 Å². The first-order valence-corrected chi connectivity index (χ1v) is 11.9. The molecule has 7 heteroatoms. The molecule has 0 heterocycles. The van der Waals surface area contributed by atoms with Crippen molar-refractivity contribution in [3.63, 3.8) is 0 Å². The zero-order valence-corrected chi connectivity index (χ0v) is 21.9. The Hall–Kier alpha value is -3.22. The molecule has 35 heavy (non-hydrogen) atoms. The van der Waals surface area contributed by atoms with Crippen LogP contribution in [-0.4, -0.2) is 37.9 Å². The van der Waals surface area contributed by atoms with Gasteiger partial charge in [0.2, 0.25) is 0 Å². The van der Waals surface area contributed by atoms with Gasteiger partial charge in [-0.3, -0.25) is 0 Å². The van der Waals surface area contributed by atoms with E-state index < -0.39 is 23.7 Å². The zero-order valence-electron chi connectivity index (χ0n) is 21.9.